The number of pyridine rings is 1. The maximum absolute atomic E-state index is 6.01. The molecule has 0 bridgehead atoms. The minimum Gasteiger partial charge on any atom is -0.454 e. The maximum atomic E-state index is 6.01. The van der Waals surface area contributed by atoms with Gasteiger partial charge in [-0.15, -0.1) is 0 Å². The number of benzene rings is 5. The molecule has 0 saturated carbocycles. The number of hydrogen-bond acceptors (Lipinski definition) is 4. The van der Waals surface area contributed by atoms with Gasteiger partial charge in [-0.05, 0) is 41.0 Å². The monoisotopic (exact) mass is 484 g/mol. The molecule has 2 aliphatic heterocycles. The Morgan fingerprint density at radius 1 is 0.541 bits per heavy atom. The number of aryl methyl sites for hydroxylation is 1. The van der Waals surface area contributed by atoms with E-state index >= 15 is 0 Å². The zero-order valence-corrected chi connectivity index (χ0v) is 20.2. The molecule has 0 saturated heterocycles. The second-order valence-electron chi connectivity index (χ2n) is 9.49. The molecule has 1 aromatic heterocycles. The van der Waals surface area contributed by atoms with Gasteiger partial charge in [0.1, 0.15) is 7.05 Å². The molecule has 0 fully saturated rings. The Morgan fingerprint density at radius 3 is 2.05 bits per heavy atom. The van der Waals surface area contributed by atoms with Crippen molar-refractivity contribution >= 4 is 32.4 Å². The molecule has 3 heterocycles. The van der Waals surface area contributed by atoms with Gasteiger partial charge in [0.2, 0.25) is 19.1 Å². The predicted octanol–water partition coefficient (Wildman–Crippen LogP) is 6.76. The van der Waals surface area contributed by atoms with Crippen LogP contribution >= 0.6 is 0 Å². The van der Waals surface area contributed by atoms with Crippen LogP contribution in [0.2, 0.25) is 0 Å². The van der Waals surface area contributed by atoms with E-state index < -0.39 is 0 Å². The zero-order valence-electron chi connectivity index (χ0n) is 20.2. The average Bonchev–Trinajstić information content (AvgIpc) is 3.62. The van der Waals surface area contributed by atoms with E-state index in [1.807, 2.05) is 12.1 Å². The lowest BCUT2D eigenvalue weighted by molar-refractivity contribution is -0.642. The van der Waals surface area contributed by atoms with Gasteiger partial charge in [-0.25, -0.2) is 0 Å². The molecule has 0 aliphatic carbocycles. The Labute approximate surface area is 213 Å². The molecule has 6 aromatic rings. The fourth-order valence-corrected chi connectivity index (χ4v) is 5.78. The number of ether oxygens (including phenoxy) is 4. The summed E-state index contributed by atoms with van der Waals surface area (Å²) < 4.78 is 25.5. The minimum atomic E-state index is 0.219. The van der Waals surface area contributed by atoms with Crippen molar-refractivity contribution in [2.75, 3.05) is 13.6 Å². The van der Waals surface area contributed by atoms with E-state index in [9.17, 15) is 0 Å². The minimum absolute atomic E-state index is 0.219. The van der Waals surface area contributed by atoms with Crippen LogP contribution in [0, 0.1) is 0 Å². The van der Waals surface area contributed by atoms with Crippen LogP contribution in [-0.2, 0) is 7.05 Å². The molecule has 8 rings (SSSR count). The van der Waals surface area contributed by atoms with Gasteiger partial charge in [-0.1, -0.05) is 60.7 Å². The molecule has 0 atom stereocenters. The Kier molecular flexibility index (Phi) is 4.20. The quantitative estimate of drug-likeness (QED) is 0.201. The third kappa shape index (κ3) is 2.94. The summed E-state index contributed by atoms with van der Waals surface area (Å²) in [5.41, 5.74) is 5.66. The lowest BCUT2D eigenvalue weighted by atomic mass is 9.92. The van der Waals surface area contributed by atoms with Gasteiger partial charge in [-0.2, -0.15) is 4.57 Å². The van der Waals surface area contributed by atoms with E-state index in [1.165, 1.54) is 11.1 Å². The molecular formula is C32H22NO4+. The summed E-state index contributed by atoms with van der Waals surface area (Å²) in [6.07, 6.45) is 2.13. The molecule has 2 aliphatic rings. The first-order valence-electron chi connectivity index (χ1n) is 12.3. The van der Waals surface area contributed by atoms with E-state index in [-0.39, 0.29) is 13.6 Å². The number of nitrogens with zero attached hydrogens (tertiary/aromatic N) is 1. The highest BCUT2D eigenvalue weighted by molar-refractivity contribution is 6.18. The van der Waals surface area contributed by atoms with Crippen LogP contribution in [0.25, 0.3) is 54.7 Å². The Balaban J connectivity index is 1.40. The van der Waals surface area contributed by atoms with Crippen molar-refractivity contribution in [3.8, 4) is 45.3 Å². The van der Waals surface area contributed by atoms with Crippen molar-refractivity contribution in [3.05, 3.63) is 91.1 Å². The van der Waals surface area contributed by atoms with Crippen LogP contribution in [0.5, 0.6) is 23.0 Å². The average molecular weight is 485 g/mol. The first-order chi connectivity index (χ1) is 18.3. The van der Waals surface area contributed by atoms with Gasteiger partial charge in [-0.3, -0.25) is 0 Å². The zero-order chi connectivity index (χ0) is 24.5. The van der Waals surface area contributed by atoms with Crippen molar-refractivity contribution in [2.45, 2.75) is 0 Å². The SMILES string of the molecule is C[n+]1cc2c3c(ccc2c2ccc4c(-c5ccc(-c6ccccc6)cc5)c5c(cc4c21)OCO5)OCO3. The van der Waals surface area contributed by atoms with Crippen molar-refractivity contribution in [2.24, 2.45) is 7.05 Å². The van der Waals surface area contributed by atoms with Crippen molar-refractivity contribution in [3.63, 3.8) is 0 Å². The summed E-state index contributed by atoms with van der Waals surface area (Å²) in [4.78, 5) is 0. The number of hydrogen-bond donors (Lipinski definition) is 0. The molecule has 5 nitrogen and oxygen atoms in total. The van der Waals surface area contributed by atoms with Crippen LogP contribution in [0.1, 0.15) is 0 Å². The summed E-state index contributed by atoms with van der Waals surface area (Å²) in [5, 5.41) is 5.56. The van der Waals surface area contributed by atoms with E-state index in [4.69, 9.17) is 18.9 Å². The second-order valence-corrected chi connectivity index (χ2v) is 9.49. The molecule has 178 valence electrons. The van der Waals surface area contributed by atoms with Crippen LogP contribution < -0.4 is 23.5 Å². The predicted molar refractivity (Wildman–Crippen MR) is 143 cm³/mol. The number of aromatic nitrogens is 1. The Morgan fingerprint density at radius 2 is 1.22 bits per heavy atom. The van der Waals surface area contributed by atoms with Gasteiger partial charge >= 0.3 is 0 Å². The molecule has 0 radical (unpaired) electrons. The van der Waals surface area contributed by atoms with Gasteiger partial charge in [0.15, 0.2) is 29.2 Å². The number of fused-ring (bicyclic) bond motifs is 8. The van der Waals surface area contributed by atoms with Gasteiger partial charge < -0.3 is 18.9 Å². The van der Waals surface area contributed by atoms with E-state index in [1.54, 1.807) is 0 Å². The van der Waals surface area contributed by atoms with E-state index in [0.29, 0.717) is 0 Å². The largest absolute Gasteiger partial charge is 0.454 e. The molecule has 0 unspecified atom stereocenters. The third-order valence-corrected chi connectivity index (χ3v) is 7.45. The molecule has 0 N–H and O–H groups in total. The lowest BCUT2D eigenvalue weighted by Gasteiger charge is -2.13. The summed E-state index contributed by atoms with van der Waals surface area (Å²) in [7, 11) is 2.08. The highest BCUT2D eigenvalue weighted by atomic mass is 16.7. The van der Waals surface area contributed by atoms with Gasteiger partial charge in [0, 0.05) is 16.3 Å². The topological polar surface area (TPSA) is 40.8 Å². The molecular weight excluding hydrogens is 462 g/mol. The summed E-state index contributed by atoms with van der Waals surface area (Å²) >= 11 is 0. The van der Waals surface area contributed by atoms with Crippen LogP contribution in [0.4, 0.5) is 0 Å². The lowest BCUT2D eigenvalue weighted by Crippen LogP contribution is -2.28. The van der Waals surface area contributed by atoms with E-state index in [0.717, 1.165) is 66.6 Å². The second kappa shape index (κ2) is 7.61. The van der Waals surface area contributed by atoms with Gasteiger partial charge in [0.05, 0.1) is 16.2 Å². The van der Waals surface area contributed by atoms with Crippen LogP contribution in [0.3, 0.4) is 0 Å². The first kappa shape index (κ1) is 20.4. The third-order valence-electron chi connectivity index (χ3n) is 7.45. The fourth-order valence-electron chi connectivity index (χ4n) is 5.78. The highest BCUT2D eigenvalue weighted by Gasteiger charge is 2.27. The summed E-state index contributed by atoms with van der Waals surface area (Å²) in [6, 6.07) is 29.7. The Hall–Kier alpha value is -4.77. The summed E-state index contributed by atoms with van der Waals surface area (Å²) in [5.74, 6) is 3.16. The smallest absolute Gasteiger partial charge is 0.231 e. The first-order valence-corrected chi connectivity index (χ1v) is 12.3. The van der Waals surface area contributed by atoms with E-state index in [2.05, 4.69) is 90.6 Å². The molecule has 0 amide bonds. The molecule has 5 heteroatoms. The molecule has 5 aromatic carbocycles. The maximum Gasteiger partial charge on any atom is 0.231 e. The highest BCUT2D eigenvalue weighted by Crippen LogP contribution is 2.49. The van der Waals surface area contributed by atoms with Crippen molar-refractivity contribution in [1.29, 1.82) is 0 Å². The fraction of sp³-hybridized carbons (Fsp3) is 0.0938. The van der Waals surface area contributed by atoms with Crippen molar-refractivity contribution < 1.29 is 23.5 Å². The molecule has 0 spiro atoms. The van der Waals surface area contributed by atoms with Crippen LogP contribution in [0.15, 0.2) is 91.1 Å². The standard InChI is InChI=1S/C32H22NO4/c1-33-16-26-22(13-14-27-31(26)36-17-34-27)24-12-11-23-25(30(24)33)15-28-32(37-18-35-28)29(23)21-9-7-20(8-10-21)19-5-3-2-4-6-19/h2-16H,17-18H2,1H3/q+1. The summed E-state index contributed by atoms with van der Waals surface area (Å²) in [6.45, 7) is 0.473. The number of rotatable bonds is 2. The molecule has 37 heavy (non-hydrogen) atoms. The van der Waals surface area contributed by atoms with Crippen molar-refractivity contribution in [1.82, 2.24) is 0 Å². The van der Waals surface area contributed by atoms with Gasteiger partial charge in [0.25, 0.3) is 0 Å². The Bertz CT molecular complexity index is 1880. The normalized spacial score (nSPS) is 13.6. The van der Waals surface area contributed by atoms with Crippen LogP contribution in [-0.4, -0.2) is 13.6 Å².